The van der Waals surface area contributed by atoms with Gasteiger partial charge in [-0.2, -0.15) is 0 Å². The molecule has 1 aromatic heterocycles. The van der Waals surface area contributed by atoms with Crippen LogP contribution < -0.4 is 10.1 Å². The molecule has 24 heavy (non-hydrogen) atoms. The first-order valence-corrected chi connectivity index (χ1v) is 8.42. The van der Waals surface area contributed by atoms with Gasteiger partial charge in [0.2, 0.25) is 5.91 Å². The van der Waals surface area contributed by atoms with Gasteiger partial charge in [-0.15, -0.1) is 0 Å². The van der Waals surface area contributed by atoms with Gasteiger partial charge in [-0.3, -0.25) is 4.79 Å². The van der Waals surface area contributed by atoms with Crippen LogP contribution in [0, 0.1) is 0 Å². The summed E-state index contributed by atoms with van der Waals surface area (Å²) in [7, 11) is 1.68. The molecule has 1 aliphatic heterocycles. The number of carbonyl (C=O) groups excluding carboxylic acids is 1. The fourth-order valence-electron chi connectivity index (χ4n) is 3.16. The molecule has 0 bridgehead atoms. The third kappa shape index (κ3) is 4.17. The van der Waals surface area contributed by atoms with Crippen molar-refractivity contribution in [2.45, 2.75) is 38.4 Å². The Kier molecular flexibility index (Phi) is 5.54. The first-order chi connectivity index (χ1) is 11.8. The van der Waals surface area contributed by atoms with Gasteiger partial charge < -0.3 is 19.4 Å². The van der Waals surface area contributed by atoms with Crippen molar-refractivity contribution in [3.8, 4) is 5.75 Å². The summed E-state index contributed by atoms with van der Waals surface area (Å²) in [6.07, 6.45) is 4.18. The van der Waals surface area contributed by atoms with Crippen LogP contribution in [0.5, 0.6) is 5.75 Å². The van der Waals surface area contributed by atoms with Crippen LogP contribution in [0.4, 0.5) is 0 Å². The number of hydrogen-bond acceptors (Lipinski definition) is 4. The molecule has 0 saturated carbocycles. The second kappa shape index (κ2) is 8.02. The highest BCUT2D eigenvalue weighted by molar-refractivity contribution is 5.78. The van der Waals surface area contributed by atoms with E-state index in [9.17, 15) is 4.79 Å². The predicted octanol–water partition coefficient (Wildman–Crippen LogP) is 2.96. The van der Waals surface area contributed by atoms with Crippen molar-refractivity contribution < 1.29 is 13.9 Å². The number of nitrogens with one attached hydrogen (secondary N) is 1. The van der Waals surface area contributed by atoms with Gasteiger partial charge in [-0.25, -0.2) is 0 Å². The van der Waals surface area contributed by atoms with Crippen LogP contribution in [0.2, 0.25) is 0 Å². The molecule has 3 rings (SSSR count). The summed E-state index contributed by atoms with van der Waals surface area (Å²) < 4.78 is 10.6. The van der Waals surface area contributed by atoms with Crippen LogP contribution >= 0.6 is 0 Å². The van der Waals surface area contributed by atoms with Gasteiger partial charge >= 0.3 is 0 Å². The lowest BCUT2D eigenvalue weighted by molar-refractivity contribution is -0.129. The van der Waals surface area contributed by atoms with Crippen molar-refractivity contribution >= 4 is 5.91 Å². The van der Waals surface area contributed by atoms with Gasteiger partial charge in [0.15, 0.2) is 0 Å². The summed E-state index contributed by atoms with van der Waals surface area (Å²) in [6, 6.07) is 12.1. The number of rotatable bonds is 8. The van der Waals surface area contributed by atoms with Gasteiger partial charge in [-0.05, 0) is 49.2 Å². The van der Waals surface area contributed by atoms with Crippen molar-refractivity contribution in [3.05, 3.63) is 54.0 Å². The first kappa shape index (κ1) is 16.6. The van der Waals surface area contributed by atoms with Crippen LogP contribution in [-0.4, -0.2) is 30.5 Å². The molecule has 1 aromatic carbocycles. The second-order valence-corrected chi connectivity index (χ2v) is 6.11. The fourth-order valence-corrected chi connectivity index (χ4v) is 3.16. The van der Waals surface area contributed by atoms with E-state index in [2.05, 4.69) is 11.4 Å². The van der Waals surface area contributed by atoms with Crippen molar-refractivity contribution in [2.24, 2.45) is 0 Å². The van der Waals surface area contributed by atoms with Crippen LogP contribution in [0.3, 0.4) is 0 Å². The Morgan fingerprint density at radius 1 is 1.33 bits per heavy atom. The number of carbonyl (C=O) groups is 1. The highest BCUT2D eigenvalue weighted by Crippen LogP contribution is 2.23. The van der Waals surface area contributed by atoms with E-state index in [4.69, 9.17) is 9.15 Å². The highest BCUT2D eigenvalue weighted by atomic mass is 16.5. The summed E-state index contributed by atoms with van der Waals surface area (Å²) >= 11 is 0. The average molecular weight is 328 g/mol. The van der Waals surface area contributed by atoms with Crippen LogP contribution in [0.25, 0.3) is 0 Å². The van der Waals surface area contributed by atoms with Crippen molar-refractivity contribution in [3.63, 3.8) is 0 Å². The van der Waals surface area contributed by atoms with Gasteiger partial charge in [0.25, 0.3) is 0 Å². The SMILES string of the molecule is COc1cccc(CNCCC2CCC(=O)N2Cc2ccco2)c1. The van der Waals surface area contributed by atoms with Crippen molar-refractivity contribution in [1.82, 2.24) is 10.2 Å². The summed E-state index contributed by atoms with van der Waals surface area (Å²) in [5.74, 6) is 1.95. The Bertz CT molecular complexity index is 654. The number of ether oxygens (including phenoxy) is 1. The predicted molar refractivity (Wildman–Crippen MR) is 91.6 cm³/mol. The minimum Gasteiger partial charge on any atom is -0.497 e. The Morgan fingerprint density at radius 2 is 2.25 bits per heavy atom. The molecule has 1 atom stereocenters. The van der Waals surface area contributed by atoms with Gasteiger partial charge in [0, 0.05) is 19.0 Å². The van der Waals surface area contributed by atoms with Crippen LogP contribution in [0.15, 0.2) is 47.1 Å². The number of likely N-dealkylation sites (tertiary alicyclic amines) is 1. The zero-order valence-electron chi connectivity index (χ0n) is 14.0. The lowest BCUT2D eigenvalue weighted by Crippen LogP contribution is -2.34. The number of nitrogens with zero attached hydrogens (tertiary/aromatic N) is 1. The molecule has 1 fully saturated rings. The standard InChI is InChI=1S/C19H24N2O3/c1-23-17-5-2-4-15(12-17)13-20-10-9-16-7-8-19(22)21(16)14-18-6-3-11-24-18/h2-6,11-12,16,20H,7-10,13-14H2,1H3. The quantitative estimate of drug-likeness (QED) is 0.757. The van der Waals surface area contributed by atoms with Crippen molar-refractivity contribution in [1.29, 1.82) is 0 Å². The molecule has 128 valence electrons. The number of amides is 1. The molecule has 0 aliphatic carbocycles. The van der Waals surface area contributed by atoms with E-state index in [1.165, 1.54) is 5.56 Å². The highest BCUT2D eigenvalue weighted by Gasteiger charge is 2.30. The summed E-state index contributed by atoms with van der Waals surface area (Å²) in [5.41, 5.74) is 1.20. The zero-order valence-corrected chi connectivity index (χ0v) is 14.0. The van der Waals surface area contributed by atoms with E-state index < -0.39 is 0 Å². The lowest BCUT2D eigenvalue weighted by Gasteiger charge is -2.24. The second-order valence-electron chi connectivity index (χ2n) is 6.11. The molecular weight excluding hydrogens is 304 g/mol. The minimum absolute atomic E-state index is 0.226. The van der Waals surface area contributed by atoms with Crippen molar-refractivity contribution in [2.75, 3.05) is 13.7 Å². The van der Waals surface area contributed by atoms with Gasteiger partial charge in [-0.1, -0.05) is 12.1 Å². The minimum atomic E-state index is 0.226. The maximum absolute atomic E-state index is 12.1. The van der Waals surface area contributed by atoms with Gasteiger partial charge in [0.1, 0.15) is 11.5 Å². The number of hydrogen-bond donors (Lipinski definition) is 1. The van der Waals surface area contributed by atoms with E-state index >= 15 is 0 Å². The Morgan fingerprint density at radius 3 is 3.04 bits per heavy atom. The molecule has 1 amide bonds. The monoisotopic (exact) mass is 328 g/mol. The van der Waals surface area contributed by atoms with E-state index in [1.807, 2.05) is 35.2 Å². The normalized spacial score (nSPS) is 17.5. The number of methoxy groups -OCH3 is 1. The maximum atomic E-state index is 12.1. The molecule has 5 heteroatoms. The molecule has 1 unspecified atom stereocenters. The van der Waals surface area contributed by atoms with Crippen LogP contribution in [0.1, 0.15) is 30.6 Å². The fraction of sp³-hybridized carbons (Fsp3) is 0.421. The molecule has 2 heterocycles. The van der Waals surface area contributed by atoms with E-state index in [-0.39, 0.29) is 5.91 Å². The Hall–Kier alpha value is -2.27. The molecule has 1 aliphatic rings. The molecule has 0 spiro atoms. The zero-order chi connectivity index (χ0) is 16.8. The molecule has 1 N–H and O–H groups in total. The largest absolute Gasteiger partial charge is 0.497 e. The molecule has 2 aromatic rings. The topological polar surface area (TPSA) is 54.7 Å². The Labute approximate surface area is 142 Å². The molecular formula is C19H24N2O3. The number of benzene rings is 1. The van der Waals surface area contributed by atoms with E-state index in [0.29, 0.717) is 19.0 Å². The summed E-state index contributed by atoms with van der Waals surface area (Å²) in [5, 5.41) is 3.46. The molecule has 5 nitrogen and oxygen atoms in total. The van der Waals surface area contributed by atoms with E-state index in [0.717, 1.165) is 37.4 Å². The first-order valence-electron chi connectivity index (χ1n) is 8.42. The third-order valence-electron chi connectivity index (χ3n) is 4.48. The smallest absolute Gasteiger partial charge is 0.223 e. The van der Waals surface area contributed by atoms with Crippen LogP contribution in [-0.2, 0) is 17.9 Å². The average Bonchev–Trinajstić information content (AvgIpc) is 3.24. The Balaban J connectivity index is 1.45. The summed E-state index contributed by atoms with van der Waals surface area (Å²) in [6.45, 7) is 2.26. The summed E-state index contributed by atoms with van der Waals surface area (Å²) in [4.78, 5) is 14.0. The third-order valence-corrected chi connectivity index (χ3v) is 4.48. The maximum Gasteiger partial charge on any atom is 0.223 e. The van der Waals surface area contributed by atoms with E-state index in [1.54, 1.807) is 13.4 Å². The molecule has 1 saturated heterocycles. The van der Waals surface area contributed by atoms with Gasteiger partial charge in [0.05, 0.1) is 19.9 Å². The number of furan rings is 1. The lowest BCUT2D eigenvalue weighted by atomic mass is 10.1. The molecule has 0 radical (unpaired) electrons.